The number of amides is 3. The monoisotopic (exact) mass is 563 g/mol. The maximum absolute atomic E-state index is 14.2. The Morgan fingerprint density at radius 3 is 2.20 bits per heavy atom. The lowest BCUT2D eigenvalue weighted by Gasteiger charge is -2.37. The van der Waals surface area contributed by atoms with Gasteiger partial charge in [0, 0.05) is 11.7 Å². The van der Waals surface area contributed by atoms with Gasteiger partial charge in [0.15, 0.2) is 0 Å². The molecule has 0 fully saturated rings. The first-order valence-corrected chi connectivity index (χ1v) is 15.0. The summed E-state index contributed by atoms with van der Waals surface area (Å²) in [7, 11) is 0. The summed E-state index contributed by atoms with van der Waals surface area (Å²) in [6.07, 6.45) is 1.68. The van der Waals surface area contributed by atoms with Gasteiger partial charge in [0.1, 0.15) is 17.7 Å². The fourth-order valence-electron chi connectivity index (χ4n) is 4.47. The number of anilines is 1. The number of thioether (sulfide) groups is 1. The van der Waals surface area contributed by atoms with Crippen LogP contribution < -0.4 is 10.6 Å². The van der Waals surface area contributed by atoms with Crippen LogP contribution in [0.1, 0.15) is 58.2 Å². The van der Waals surface area contributed by atoms with E-state index in [0.29, 0.717) is 23.4 Å². The van der Waals surface area contributed by atoms with Crippen molar-refractivity contribution in [1.29, 1.82) is 0 Å². The summed E-state index contributed by atoms with van der Waals surface area (Å²) in [6, 6.07) is 19.2. The van der Waals surface area contributed by atoms with Gasteiger partial charge in [-0.1, -0.05) is 60.2 Å². The van der Waals surface area contributed by atoms with Crippen molar-refractivity contribution in [1.82, 2.24) is 10.2 Å². The van der Waals surface area contributed by atoms with Gasteiger partial charge < -0.3 is 20.3 Å². The quantitative estimate of drug-likeness (QED) is 0.286. The normalized spacial score (nSPS) is 13.0. The summed E-state index contributed by atoms with van der Waals surface area (Å²) >= 11 is 1.58. The van der Waals surface area contributed by atoms with E-state index in [1.54, 1.807) is 37.4 Å². The Hall–Kier alpha value is -3.52. The van der Waals surface area contributed by atoms with Crippen LogP contribution in [0.15, 0.2) is 66.7 Å². The summed E-state index contributed by atoms with van der Waals surface area (Å²) in [6.45, 7) is 11.0. The Labute approximate surface area is 242 Å². The van der Waals surface area contributed by atoms with Crippen molar-refractivity contribution in [2.75, 3.05) is 17.3 Å². The number of benzene rings is 3. The van der Waals surface area contributed by atoms with Gasteiger partial charge in [0.05, 0.1) is 0 Å². The standard InChI is InChI=1S/C32H41N3O4S/c1-21(2)35(30(37)27(18-19-40-7)34-31(38)39-32(4,5)6)28(24-14-12-22(3)13-15-24)29(36)33-26-17-16-23-10-8-9-11-25(23)20-26/h8-17,20-21,27-28H,18-19H2,1-7H3,(H,33,36)(H,34,38). The van der Waals surface area contributed by atoms with Crippen LogP contribution >= 0.6 is 11.8 Å². The largest absolute Gasteiger partial charge is 0.444 e. The van der Waals surface area contributed by atoms with Crippen LogP contribution in [0.2, 0.25) is 0 Å². The Morgan fingerprint density at radius 2 is 1.60 bits per heavy atom. The maximum Gasteiger partial charge on any atom is 0.408 e. The number of alkyl carbamates (subject to hydrolysis) is 1. The van der Waals surface area contributed by atoms with Gasteiger partial charge in [0.25, 0.3) is 5.91 Å². The summed E-state index contributed by atoms with van der Waals surface area (Å²) in [5, 5.41) is 7.88. The van der Waals surface area contributed by atoms with Crippen LogP contribution in [0, 0.1) is 6.92 Å². The number of hydrogen-bond donors (Lipinski definition) is 2. The molecule has 0 aliphatic rings. The van der Waals surface area contributed by atoms with E-state index in [4.69, 9.17) is 4.74 Å². The molecule has 214 valence electrons. The molecule has 2 unspecified atom stereocenters. The van der Waals surface area contributed by atoms with Crippen LogP contribution in [0.4, 0.5) is 10.5 Å². The van der Waals surface area contributed by atoms with Crippen molar-refractivity contribution >= 4 is 46.1 Å². The van der Waals surface area contributed by atoms with Gasteiger partial charge >= 0.3 is 6.09 Å². The molecule has 3 aromatic carbocycles. The second-order valence-electron chi connectivity index (χ2n) is 11.2. The van der Waals surface area contributed by atoms with Crippen molar-refractivity contribution in [3.63, 3.8) is 0 Å². The molecule has 0 aliphatic carbocycles. The Balaban J connectivity index is 1.99. The third-order valence-corrected chi connectivity index (χ3v) is 6.99. The van der Waals surface area contributed by atoms with E-state index < -0.39 is 23.8 Å². The zero-order valence-corrected chi connectivity index (χ0v) is 25.3. The number of rotatable bonds is 10. The molecule has 0 radical (unpaired) electrons. The highest BCUT2D eigenvalue weighted by Gasteiger charge is 2.37. The van der Waals surface area contributed by atoms with Gasteiger partial charge in [-0.15, -0.1) is 0 Å². The Morgan fingerprint density at radius 1 is 0.950 bits per heavy atom. The third kappa shape index (κ3) is 8.49. The fourth-order valence-corrected chi connectivity index (χ4v) is 4.94. The van der Waals surface area contributed by atoms with Crippen LogP contribution in [-0.4, -0.2) is 52.5 Å². The lowest BCUT2D eigenvalue weighted by molar-refractivity contribution is -0.143. The van der Waals surface area contributed by atoms with E-state index in [1.807, 2.05) is 93.8 Å². The van der Waals surface area contributed by atoms with E-state index in [9.17, 15) is 14.4 Å². The Bertz CT molecular complexity index is 1320. The van der Waals surface area contributed by atoms with Crippen LogP contribution in [-0.2, 0) is 14.3 Å². The fraction of sp³-hybridized carbons (Fsp3) is 0.406. The predicted octanol–water partition coefficient (Wildman–Crippen LogP) is 6.71. The second kappa shape index (κ2) is 13.7. The summed E-state index contributed by atoms with van der Waals surface area (Å²) in [5.41, 5.74) is 1.66. The molecule has 0 spiro atoms. The topological polar surface area (TPSA) is 87.7 Å². The number of ether oxygens (including phenoxy) is 1. The van der Waals surface area contributed by atoms with Crippen molar-refractivity contribution in [2.24, 2.45) is 0 Å². The summed E-state index contributed by atoms with van der Waals surface area (Å²) < 4.78 is 5.45. The Kier molecular flexibility index (Phi) is 10.6. The second-order valence-corrected chi connectivity index (χ2v) is 12.2. The zero-order chi connectivity index (χ0) is 29.4. The average Bonchev–Trinajstić information content (AvgIpc) is 2.88. The van der Waals surface area contributed by atoms with Crippen molar-refractivity contribution in [3.05, 3.63) is 77.9 Å². The highest BCUT2D eigenvalue weighted by Crippen LogP contribution is 2.28. The van der Waals surface area contributed by atoms with E-state index in [1.165, 1.54) is 0 Å². The van der Waals surface area contributed by atoms with E-state index >= 15 is 0 Å². The number of aryl methyl sites for hydroxylation is 1. The summed E-state index contributed by atoms with van der Waals surface area (Å²) in [4.78, 5) is 42.5. The van der Waals surface area contributed by atoms with Gasteiger partial charge in [-0.25, -0.2) is 4.79 Å². The third-order valence-electron chi connectivity index (χ3n) is 6.35. The maximum atomic E-state index is 14.2. The number of nitrogens with one attached hydrogen (secondary N) is 2. The smallest absolute Gasteiger partial charge is 0.408 e. The molecule has 8 heteroatoms. The highest BCUT2D eigenvalue weighted by atomic mass is 32.2. The lowest BCUT2D eigenvalue weighted by Crippen LogP contribution is -2.54. The molecule has 0 heterocycles. The predicted molar refractivity (Wildman–Crippen MR) is 165 cm³/mol. The molecule has 40 heavy (non-hydrogen) atoms. The van der Waals surface area contributed by atoms with Gasteiger partial charge in [-0.3, -0.25) is 9.59 Å². The number of carbonyl (C=O) groups is 3. The summed E-state index contributed by atoms with van der Waals surface area (Å²) in [5.74, 6) is -0.0207. The number of fused-ring (bicyclic) bond motifs is 1. The zero-order valence-electron chi connectivity index (χ0n) is 24.5. The van der Waals surface area contributed by atoms with Crippen LogP contribution in [0.25, 0.3) is 10.8 Å². The molecular weight excluding hydrogens is 522 g/mol. The van der Waals surface area contributed by atoms with Crippen molar-refractivity contribution < 1.29 is 19.1 Å². The van der Waals surface area contributed by atoms with Crippen LogP contribution in [0.5, 0.6) is 0 Å². The molecule has 0 saturated heterocycles. The minimum absolute atomic E-state index is 0.331. The highest BCUT2D eigenvalue weighted by molar-refractivity contribution is 7.98. The molecule has 0 aliphatic heterocycles. The molecule has 0 saturated carbocycles. The molecule has 0 aromatic heterocycles. The van der Waals surface area contributed by atoms with E-state index in [0.717, 1.165) is 16.3 Å². The van der Waals surface area contributed by atoms with E-state index in [-0.39, 0.29) is 17.9 Å². The molecule has 3 aromatic rings. The first-order chi connectivity index (χ1) is 18.9. The minimum atomic E-state index is -0.920. The molecular formula is C32H41N3O4S. The SMILES string of the molecule is CSCCC(NC(=O)OC(C)(C)C)C(=O)N(C(C)C)C(C(=O)Nc1ccc2ccccc2c1)c1ccc(C)cc1. The van der Waals surface area contributed by atoms with Gasteiger partial charge in [0.2, 0.25) is 5.91 Å². The minimum Gasteiger partial charge on any atom is -0.444 e. The lowest BCUT2D eigenvalue weighted by atomic mass is 9.99. The van der Waals surface area contributed by atoms with Gasteiger partial charge in [-0.05, 0) is 88.4 Å². The van der Waals surface area contributed by atoms with Crippen molar-refractivity contribution in [3.8, 4) is 0 Å². The molecule has 3 rings (SSSR count). The first-order valence-electron chi connectivity index (χ1n) is 13.6. The molecule has 7 nitrogen and oxygen atoms in total. The first kappa shape index (κ1) is 31.0. The van der Waals surface area contributed by atoms with E-state index in [2.05, 4.69) is 10.6 Å². The molecule has 3 amide bonds. The van der Waals surface area contributed by atoms with Crippen molar-refractivity contribution in [2.45, 2.75) is 71.7 Å². The molecule has 2 N–H and O–H groups in total. The number of hydrogen-bond acceptors (Lipinski definition) is 5. The number of carbonyl (C=O) groups excluding carboxylic acids is 3. The number of nitrogens with zero attached hydrogens (tertiary/aromatic N) is 1. The van der Waals surface area contributed by atoms with Crippen LogP contribution in [0.3, 0.4) is 0 Å². The molecule has 0 bridgehead atoms. The van der Waals surface area contributed by atoms with Gasteiger partial charge in [-0.2, -0.15) is 11.8 Å². The average molecular weight is 564 g/mol. The molecule has 2 atom stereocenters.